The van der Waals surface area contributed by atoms with Crippen LogP contribution >= 0.6 is 0 Å². The first-order valence-electron chi connectivity index (χ1n) is 8.45. The largest absolute Gasteiger partial charge is 0.459 e. The van der Waals surface area contributed by atoms with Crippen LogP contribution in [0.3, 0.4) is 0 Å². The number of rotatable bonds is 3. The van der Waals surface area contributed by atoms with Gasteiger partial charge in [0.2, 0.25) is 0 Å². The molecule has 0 spiro atoms. The van der Waals surface area contributed by atoms with Crippen LogP contribution in [0.5, 0.6) is 0 Å². The van der Waals surface area contributed by atoms with Gasteiger partial charge in [0.25, 0.3) is 0 Å². The first-order valence-corrected chi connectivity index (χ1v) is 8.45. The molecule has 126 valence electrons. The van der Waals surface area contributed by atoms with Gasteiger partial charge in [0.05, 0.1) is 18.3 Å². The van der Waals surface area contributed by atoms with Crippen LogP contribution < -0.4 is 0 Å². The molecule has 1 saturated carbocycles. The fraction of sp³-hybridized carbons (Fsp3) is 0.941. The Bertz CT molecular complexity index is 450. The monoisotopic (exact) mass is 312 g/mol. The minimum absolute atomic E-state index is 0.0100. The first kappa shape index (κ1) is 16.2. The number of hydrogen-bond acceptors (Lipinski definition) is 5. The van der Waals surface area contributed by atoms with Crippen LogP contribution in [0.1, 0.15) is 53.4 Å². The molecule has 1 N–H and O–H groups in total. The van der Waals surface area contributed by atoms with Gasteiger partial charge in [-0.05, 0) is 38.5 Å². The second kappa shape index (κ2) is 5.46. The Morgan fingerprint density at radius 1 is 1.32 bits per heavy atom. The second-order valence-electron chi connectivity index (χ2n) is 7.74. The van der Waals surface area contributed by atoms with Crippen molar-refractivity contribution < 1.29 is 24.1 Å². The second-order valence-corrected chi connectivity index (χ2v) is 7.74. The van der Waals surface area contributed by atoms with Gasteiger partial charge in [-0.3, -0.25) is 4.79 Å². The quantitative estimate of drug-likeness (QED) is 0.638. The zero-order valence-corrected chi connectivity index (χ0v) is 14.0. The first-order chi connectivity index (χ1) is 10.3. The average molecular weight is 312 g/mol. The molecule has 0 aromatic heterocycles. The number of esters is 1. The fourth-order valence-electron chi connectivity index (χ4n) is 4.15. The fourth-order valence-corrected chi connectivity index (χ4v) is 4.15. The molecule has 0 radical (unpaired) electrons. The Morgan fingerprint density at radius 3 is 2.64 bits per heavy atom. The van der Waals surface area contributed by atoms with Crippen LogP contribution in [0.15, 0.2) is 0 Å². The van der Waals surface area contributed by atoms with Crippen LogP contribution in [0.4, 0.5) is 0 Å². The summed E-state index contributed by atoms with van der Waals surface area (Å²) < 4.78 is 17.5. The SMILES string of the molecule is CC(=O)O[C@H]1[C@H]2O[C@@]2(C)CC[C@@H]2O[C@]2(CO)CC[C@H]1C(C)C. The van der Waals surface area contributed by atoms with Gasteiger partial charge >= 0.3 is 5.97 Å². The molecule has 3 rings (SSSR count). The Kier molecular flexibility index (Phi) is 4.03. The molecule has 2 aliphatic heterocycles. The van der Waals surface area contributed by atoms with E-state index < -0.39 is 0 Å². The summed E-state index contributed by atoms with van der Waals surface area (Å²) in [6, 6.07) is 0. The summed E-state index contributed by atoms with van der Waals surface area (Å²) in [6.07, 6.45) is 3.41. The van der Waals surface area contributed by atoms with Gasteiger partial charge in [0, 0.05) is 12.8 Å². The van der Waals surface area contributed by atoms with E-state index in [2.05, 4.69) is 20.8 Å². The number of epoxide rings is 2. The molecule has 5 heteroatoms. The van der Waals surface area contributed by atoms with Gasteiger partial charge in [-0.2, -0.15) is 0 Å². The average Bonchev–Trinajstić information content (AvgIpc) is 3.30. The molecule has 6 atom stereocenters. The highest BCUT2D eigenvalue weighted by molar-refractivity contribution is 5.66. The predicted molar refractivity (Wildman–Crippen MR) is 80.3 cm³/mol. The van der Waals surface area contributed by atoms with Crippen molar-refractivity contribution in [1.29, 1.82) is 0 Å². The maximum absolute atomic E-state index is 11.5. The number of aliphatic hydroxyl groups excluding tert-OH is 1. The molecule has 3 aliphatic rings. The molecule has 0 aromatic carbocycles. The topological polar surface area (TPSA) is 71.6 Å². The van der Waals surface area contributed by atoms with E-state index in [-0.39, 0.29) is 48.0 Å². The molecule has 0 unspecified atom stereocenters. The number of hydrogen-bond donors (Lipinski definition) is 1. The summed E-state index contributed by atoms with van der Waals surface area (Å²) in [5, 5.41) is 9.71. The Labute approximate surface area is 132 Å². The third-order valence-corrected chi connectivity index (χ3v) is 5.80. The summed E-state index contributed by atoms with van der Waals surface area (Å²) in [5.74, 6) is 0.357. The van der Waals surface area contributed by atoms with Crippen molar-refractivity contribution in [3.63, 3.8) is 0 Å². The third kappa shape index (κ3) is 2.79. The number of aliphatic hydroxyl groups is 1. The smallest absolute Gasteiger partial charge is 0.303 e. The maximum Gasteiger partial charge on any atom is 0.303 e. The maximum atomic E-state index is 11.5. The molecular formula is C17H28O5. The molecule has 5 nitrogen and oxygen atoms in total. The summed E-state index contributed by atoms with van der Waals surface area (Å²) in [5.41, 5.74) is -0.594. The normalized spacial score (nSPS) is 47.4. The van der Waals surface area contributed by atoms with Crippen molar-refractivity contribution in [2.24, 2.45) is 11.8 Å². The molecule has 2 saturated heterocycles. The lowest BCUT2D eigenvalue weighted by Gasteiger charge is -2.31. The summed E-state index contributed by atoms with van der Waals surface area (Å²) in [4.78, 5) is 11.5. The van der Waals surface area contributed by atoms with E-state index in [9.17, 15) is 9.90 Å². The van der Waals surface area contributed by atoms with Gasteiger partial charge in [0.15, 0.2) is 0 Å². The van der Waals surface area contributed by atoms with Crippen molar-refractivity contribution in [1.82, 2.24) is 0 Å². The molecule has 0 bridgehead atoms. The highest BCUT2D eigenvalue weighted by Crippen LogP contribution is 2.53. The number of carbonyl (C=O) groups excluding carboxylic acids is 1. The Morgan fingerprint density at radius 2 is 2.05 bits per heavy atom. The molecule has 0 amide bonds. The zero-order chi connectivity index (χ0) is 16.1. The van der Waals surface area contributed by atoms with E-state index in [4.69, 9.17) is 14.2 Å². The van der Waals surface area contributed by atoms with Gasteiger partial charge in [0.1, 0.15) is 17.8 Å². The van der Waals surface area contributed by atoms with Crippen LogP contribution in [0.2, 0.25) is 0 Å². The summed E-state index contributed by atoms with van der Waals surface area (Å²) in [6.45, 7) is 7.94. The van der Waals surface area contributed by atoms with E-state index >= 15 is 0 Å². The van der Waals surface area contributed by atoms with E-state index in [0.717, 1.165) is 25.7 Å². The molecular weight excluding hydrogens is 284 g/mol. The lowest BCUT2D eigenvalue weighted by molar-refractivity contribution is -0.151. The summed E-state index contributed by atoms with van der Waals surface area (Å²) in [7, 11) is 0. The van der Waals surface area contributed by atoms with E-state index in [0.29, 0.717) is 5.92 Å². The van der Waals surface area contributed by atoms with Crippen LogP contribution in [0.25, 0.3) is 0 Å². The summed E-state index contributed by atoms with van der Waals surface area (Å²) >= 11 is 0. The number of ether oxygens (including phenoxy) is 3. The molecule has 22 heavy (non-hydrogen) atoms. The van der Waals surface area contributed by atoms with Gasteiger partial charge in [-0.25, -0.2) is 0 Å². The lowest BCUT2D eigenvalue weighted by Crippen LogP contribution is -2.39. The molecule has 1 aliphatic carbocycles. The van der Waals surface area contributed by atoms with Crippen molar-refractivity contribution in [3.05, 3.63) is 0 Å². The predicted octanol–water partition coefficient (Wildman–Crippen LogP) is 2.05. The van der Waals surface area contributed by atoms with Crippen LogP contribution in [-0.4, -0.2) is 47.2 Å². The van der Waals surface area contributed by atoms with Gasteiger partial charge < -0.3 is 19.3 Å². The van der Waals surface area contributed by atoms with Crippen molar-refractivity contribution in [2.75, 3.05) is 6.61 Å². The van der Waals surface area contributed by atoms with Gasteiger partial charge in [-0.1, -0.05) is 13.8 Å². The van der Waals surface area contributed by atoms with E-state index in [1.807, 2.05) is 0 Å². The lowest BCUT2D eigenvalue weighted by atomic mass is 9.78. The van der Waals surface area contributed by atoms with E-state index in [1.165, 1.54) is 6.92 Å². The van der Waals surface area contributed by atoms with Crippen molar-refractivity contribution >= 4 is 5.97 Å². The highest BCUT2D eigenvalue weighted by Gasteiger charge is 2.63. The van der Waals surface area contributed by atoms with Crippen LogP contribution in [-0.2, 0) is 19.0 Å². The van der Waals surface area contributed by atoms with Crippen molar-refractivity contribution in [2.45, 2.75) is 82.9 Å². The highest BCUT2D eigenvalue weighted by atomic mass is 16.6. The third-order valence-electron chi connectivity index (χ3n) is 5.80. The Hall–Kier alpha value is -0.650. The number of fused-ring (bicyclic) bond motifs is 2. The van der Waals surface area contributed by atoms with E-state index in [1.54, 1.807) is 0 Å². The number of carbonyl (C=O) groups is 1. The minimum Gasteiger partial charge on any atom is -0.459 e. The van der Waals surface area contributed by atoms with Gasteiger partial charge in [-0.15, -0.1) is 0 Å². The molecule has 3 fully saturated rings. The van der Waals surface area contributed by atoms with Crippen LogP contribution in [0, 0.1) is 11.8 Å². The minimum atomic E-state index is -0.369. The standard InChI is InChI=1S/C17H28O5/c1-10(2)12-5-8-17(9-18)13(21-17)6-7-16(4)15(22-16)14(12)20-11(3)19/h10,12-15,18H,5-9H2,1-4H3/t12-,13-,14+,15+,16-,17-/m0/s1. The zero-order valence-electron chi connectivity index (χ0n) is 14.0. The Balaban J connectivity index is 1.82. The van der Waals surface area contributed by atoms with Crippen molar-refractivity contribution in [3.8, 4) is 0 Å². The molecule has 2 heterocycles. The molecule has 0 aromatic rings.